The molecule has 1 fully saturated rings. The van der Waals surface area contributed by atoms with Crippen molar-refractivity contribution in [3.05, 3.63) is 59.8 Å². The molecule has 2 heterocycles. The number of hydrogen-bond donors (Lipinski definition) is 1. The van der Waals surface area contributed by atoms with Crippen molar-refractivity contribution >= 4 is 34.2 Å². The number of likely N-dealkylation sites (tertiary alicyclic amines) is 1. The van der Waals surface area contributed by atoms with E-state index in [9.17, 15) is 9.59 Å². The van der Waals surface area contributed by atoms with E-state index in [-0.39, 0.29) is 11.9 Å². The van der Waals surface area contributed by atoms with Gasteiger partial charge in [-0.25, -0.2) is 9.78 Å². The van der Waals surface area contributed by atoms with Gasteiger partial charge in [-0.2, -0.15) is 0 Å². The Morgan fingerprint density at radius 3 is 2.39 bits per heavy atom. The Kier molecular flexibility index (Phi) is 6.02. The lowest BCUT2D eigenvalue weighted by Crippen LogP contribution is -2.36. The molecule has 0 bridgehead atoms. The predicted octanol–water partition coefficient (Wildman–Crippen LogP) is 4.40. The van der Waals surface area contributed by atoms with Crippen LogP contribution < -0.4 is 10.1 Å². The molecule has 0 atom stereocenters. The van der Waals surface area contributed by atoms with E-state index in [1.165, 1.54) is 7.11 Å². The number of ether oxygens (including phenoxy) is 2. The second-order valence-corrected chi connectivity index (χ2v) is 7.48. The number of fused-ring (bicyclic) bond motifs is 1. The SMILES string of the molecule is COC(=O)c1ccc(Nc2cc(C(=O)N3CCCCC3)nc3ccc(OC)cc23)cc1. The number of benzene rings is 2. The van der Waals surface area contributed by atoms with E-state index >= 15 is 0 Å². The maximum Gasteiger partial charge on any atom is 0.337 e. The van der Waals surface area contributed by atoms with Gasteiger partial charge >= 0.3 is 5.97 Å². The van der Waals surface area contributed by atoms with Crippen molar-refractivity contribution in [1.29, 1.82) is 0 Å². The number of methoxy groups -OCH3 is 2. The van der Waals surface area contributed by atoms with E-state index in [0.717, 1.165) is 49.1 Å². The summed E-state index contributed by atoms with van der Waals surface area (Å²) in [5.41, 5.74) is 3.11. The normalized spacial score (nSPS) is 13.7. The van der Waals surface area contributed by atoms with Crippen molar-refractivity contribution in [2.75, 3.05) is 32.6 Å². The summed E-state index contributed by atoms with van der Waals surface area (Å²) in [6, 6.07) is 14.3. The summed E-state index contributed by atoms with van der Waals surface area (Å²) >= 11 is 0. The number of pyridine rings is 1. The number of nitrogens with zero attached hydrogens (tertiary/aromatic N) is 2. The molecule has 4 rings (SSSR count). The average molecular weight is 419 g/mol. The Balaban J connectivity index is 1.72. The molecule has 7 nitrogen and oxygen atoms in total. The summed E-state index contributed by atoms with van der Waals surface area (Å²) in [5, 5.41) is 4.20. The molecule has 160 valence electrons. The van der Waals surface area contributed by atoms with Crippen molar-refractivity contribution in [1.82, 2.24) is 9.88 Å². The number of aromatic nitrogens is 1. The second-order valence-electron chi connectivity index (χ2n) is 7.48. The summed E-state index contributed by atoms with van der Waals surface area (Å²) in [5.74, 6) is 0.259. The van der Waals surface area contributed by atoms with E-state index < -0.39 is 0 Å². The summed E-state index contributed by atoms with van der Waals surface area (Å²) < 4.78 is 10.1. The molecule has 3 aromatic rings. The minimum absolute atomic E-state index is 0.0542. The number of hydrogen-bond acceptors (Lipinski definition) is 6. The molecule has 7 heteroatoms. The van der Waals surface area contributed by atoms with Crippen molar-refractivity contribution in [2.24, 2.45) is 0 Å². The molecule has 1 amide bonds. The number of nitrogens with one attached hydrogen (secondary N) is 1. The van der Waals surface area contributed by atoms with Crippen LogP contribution in [0.2, 0.25) is 0 Å². The van der Waals surface area contributed by atoms with Crippen LogP contribution in [0.5, 0.6) is 5.75 Å². The minimum atomic E-state index is -0.389. The van der Waals surface area contributed by atoms with Crippen molar-refractivity contribution in [2.45, 2.75) is 19.3 Å². The van der Waals surface area contributed by atoms with Gasteiger partial charge in [0.2, 0.25) is 0 Å². The van der Waals surface area contributed by atoms with Gasteiger partial charge in [-0.15, -0.1) is 0 Å². The Hall–Kier alpha value is -3.61. The Bertz CT molecular complexity index is 1110. The minimum Gasteiger partial charge on any atom is -0.497 e. The fourth-order valence-corrected chi connectivity index (χ4v) is 3.77. The van der Waals surface area contributed by atoms with Crippen molar-refractivity contribution < 1.29 is 19.1 Å². The van der Waals surface area contributed by atoms with Crippen LogP contribution in [-0.2, 0) is 4.74 Å². The number of amides is 1. The van der Waals surface area contributed by atoms with Crippen LogP contribution >= 0.6 is 0 Å². The van der Waals surface area contributed by atoms with Gasteiger partial charge in [-0.3, -0.25) is 4.79 Å². The van der Waals surface area contributed by atoms with Gasteiger partial charge < -0.3 is 19.7 Å². The maximum atomic E-state index is 13.1. The third-order valence-electron chi connectivity index (χ3n) is 5.46. The van der Waals surface area contributed by atoms with Crippen LogP contribution in [0.15, 0.2) is 48.5 Å². The zero-order valence-corrected chi connectivity index (χ0v) is 17.7. The summed E-state index contributed by atoms with van der Waals surface area (Å²) in [6.07, 6.45) is 3.20. The standard InChI is InChI=1S/C24H25N3O4/c1-30-18-10-11-20-19(14-18)21(25-17-8-6-16(7-9-17)24(29)31-2)15-22(26-20)23(28)27-12-4-3-5-13-27/h6-11,14-15H,3-5,12-13H2,1-2H3,(H,25,26). The Morgan fingerprint density at radius 1 is 0.968 bits per heavy atom. The van der Waals surface area contributed by atoms with Gasteiger partial charge in [0.25, 0.3) is 5.91 Å². The number of carbonyl (C=O) groups excluding carboxylic acids is 2. The molecule has 1 N–H and O–H groups in total. The lowest BCUT2D eigenvalue weighted by atomic mass is 10.1. The average Bonchev–Trinajstić information content (AvgIpc) is 2.83. The van der Waals surface area contributed by atoms with Gasteiger partial charge in [0.05, 0.1) is 31.0 Å². The zero-order valence-electron chi connectivity index (χ0n) is 17.7. The van der Waals surface area contributed by atoms with Gasteiger partial charge in [0.15, 0.2) is 0 Å². The van der Waals surface area contributed by atoms with Crippen LogP contribution in [0.1, 0.15) is 40.1 Å². The van der Waals surface area contributed by atoms with Gasteiger partial charge in [-0.05, 0) is 67.8 Å². The maximum absolute atomic E-state index is 13.1. The van der Waals surface area contributed by atoms with Crippen molar-refractivity contribution in [3.8, 4) is 5.75 Å². The van der Waals surface area contributed by atoms with Gasteiger partial charge in [-0.1, -0.05) is 0 Å². The van der Waals surface area contributed by atoms with E-state index in [1.54, 1.807) is 37.4 Å². The number of rotatable bonds is 5. The molecule has 0 unspecified atom stereocenters. The first-order valence-electron chi connectivity index (χ1n) is 10.3. The molecule has 1 aliphatic rings. The Labute approximate surface area is 181 Å². The molecule has 2 aromatic carbocycles. The smallest absolute Gasteiger partial charge is 0.337 e. The number of esters is 1. The molecule has 0 spiro atoms. The quantitative estimate of drug-likeness (QED) is 0.618. The highest BCUT2D eigenvalue weighted by Crippen LogP contribution is 2.30. The molecule has 0 radical (unpaired) electrons. The van der Waals surface area contributed by atoms with Crippen LogP contribution in [-0.4, -0.2) is 49.1 Å². The molecule has 31 heavy (non-hydrogen) atoms. The van der Waals surface area contributed by atoms with Crippen LogP contribution in [0.3, 0.4) is 0 Å². The first-order chi connectivity index (χ1) is 15.1. The molecule has 0 aliphatic carbocycles. The van der Waals surface area contributed by atoms with Crippen LogP contribution in [0.4, 0.5) is 11.4 Å². The topological polar surface area (TPSA) is 80.8 Å². The van der Waals surface area contributed by atoms with E-state index in [1.807, 2.05) is 23.1 Å². The summed E-state index contributed by atoms with van der Waals surface area (Å²) in [7, 11) is 2.97. The first-order valence-corrected chi connectivity index (χ1v) is 10.3. The van der Waals surface area contributed by atoms with Gasteiger partial charge in [0.1, 0.15) is 11.4 Å². The fraction of sp³-hybridized carbons (Fsp3) is 0.292. The number of carbonyl (C=O) groups is 2. The lowest BCUT2D eigenvalue weighted by Gasteiger charge is -2.26. The molecule has 1 aliphatic heterocycles. The highest BCUT2D eigenvalue weighted by atomic mass is 16.5. The number of piperidine rings is 1. The lowest BCUT2D eigenvalue weighted by molar-refractivity contribution is 0.0600. The third-order valence-corrected chi connectivity index (χ3v) is 5.46. The molecule has 0 saturated carbocycles. The molecular weight excluding hydrogens is 394 g/mol. The van der Waals surface area contributed by atoms with Gasteiger partial charge in [0, 0.05) is 24.2 Å². The summed E-state index contributed by atoms with van der Waals surface area (Å²) in [6.45, 7) is 1.53. The fourth-order valence-electron chi connectivity index (χ4n) is 3.77. The van der Waals surface area contributed by atoms with Crippen molar-refractivity contribution in [3.63, 3.8) is 0 Å². The van der Waals surface area contributed by atoms with Crippen LogP contribution in [0, 0.1) is 0 Å². The highest BCUT2D eigenvalue weighted by molar-refractivity contribution is 6.01. The second kappa shape index (κ2) is 9.04. The number of anilines is 2. The molecule has 1 aromatic heterocycles. The Morgan fingerprint density at radius 2 is 1.71 bits per heavy atom. The largest absolute Gasteiger partial charge is 0.497 e. The summed E-state index contributed by atoms with van der Waals surface area (Å²) in [4.78, 5) is 31.3. The van der Waals surface area contributed by atoms with Crippen LogP contribution in [0.25, 0.3) is 10.9 Å². The zero-order chi connectivity index (χ0) is 21.8. The molecular formula is C24H25N3O4. The predicted molar refractivity (Wildman–Crippen MR) is 119 cm³/mol. The van der Waals surface area contributed by atoms with E-state index in [2.05, 4.69) is 10.3 Å². The van der Waals surface area contributed by atoms with E-state index in [0.29, 0.717) is 22.5 Å². The monoisotopic (exact) mass is 419 g/mol. The van der Waals surface area contributed by atoms with E-state index in [4.69, 9.17) is 9.47 Å². The molecule has 1 saturated heterocycles. The highest BCUT2D eigenvalue weighted by Gasteiger charge is 2.21. The first kappa shape index (κ1) is 20.7. The third kappa shape index (κ3) is 4.45.